The summed E-state index contributed by atoms with van der Waals surface area (Å²) < 4.78 is 4.35. The molecule has 0 spiro atoms. The number of likely N-dealkylation sites (N-methyl/N-ethyl adjacent to an activating group) is 2. The molecular weight excluding hydrogens is 365 g/mol. The first-order valence-electron chi connectivity index (χ1n) is 4.17. The first kappa shape index (κ1) is 13.9. The molecule has 0 bridgehead atoms. The Morgan fingerprint density at radius 2 is 2.00 bits per heavy atom. The van der Waals surface area contributed by atoms with Gasteiger partial charge in [-0.05, 0) is 27.2 Å². The maximum atomic E-state index is 9.90. The molecule has 0 aliphatic carbocycles. The molecule has 0 N–H and O–H groups in total. The Morgan fingerprint density at radius 1 is 1.43 bits per heavy atom. The number of nitrogens with zero attached hydrogens (tertiary/aromatic N) is 2. The van der Waals surface area contributed by atoms with Crippen molar-refractivity contribution in [2.24, 2.45) is 0 Å². The van der Waals surface area contributed by atoms with Crippen molar-refractivity contribution in [1.29, 1.82) is 0 Å². The summed E-state index contributed by atoms with van der Waals surface area (Å²) in [7, 11) is 4.17. The molecule has 0 aromatic rings. The molecule has 2 aliphatic heterocycles. The summed E-state index contributed by atoms with van der Waals surface area (Å²) in [6.45, 7) is 4.80. The second kappa shape index (κ2) is 7.20. The molecule has 1 saturated heterocycles. The molecule has 0 unspecified atom stereocenters. The molecule has 14 heavy (non-hydrogen) atoms. The van der Waals surface area contributed by atoms with Crippen molar-refractivity contribution < 1.29 is 31.9 Å². The van der Waals surface area contributed by atoms with Crippen LogP contribution < -0.4 is 0 Å². The molecule has 0 atom stereocenters. The van der Waals surface area contributed by atoms with E-state index in [0.717, 1.165) is 0 Å². The van der Waals surface area contributed by atoms with Crippen LogP contribution in [0.25, 0.3) is 0 Å². The van der Waals surface area contributed by atoms with E-state index in [4.69, 9.17) is 0 Å². The third-order valence-electron chi connectivity index (χ3n) is 1.72. The maximum Gasteiger partial charge on any atom is 0.166 e. The van der Waals surface area contributed by atoms with Crippen LogP contribution in [0.3, 0.4) is 0 Å². The van der Waals surface area contributed by atoms with E-state index in [9.17, 15) is 4.79 Å². The van der Waals surface area contributed by atoms with E-state index in [0.29, 0.717) is 6.61 Å². The van der Waals surface area contributed by atoms with Crippen molar-refractivity contribution in [3.05, 3.63) is 18.8 Å². The van der Waals surface area contributed by atoms with E-state index in [1.54, 1.807) is 0 Å². The zero-order valence-corrected chi connectivity index (χ0v) is 10.5. The van der Waals surface area contributed by atoms with Gasteiger partial charge in [-0.2, -0.15) is 6.08 Å². The molecule has 0 aromatic heterocycles. The zero-order valence-electron chi connectivity index (χ0n) is 8.29. The van der Waals surface area contributed by atoms with E-state index < -0.39 is 0 Å². The van der Waals surface area contributed by atoms with Gasteiger partial charge in [0.1, 0.15) is 0 Å². The fraction of sp³-hybridized carbons (Fsp3) is 0.556. The fourth-order valence-corrected chi connectivity index (χ4v) is 1.05. The minimum absolute atomic E-state index is 0. The summed E-state index contributed by atoms with van der Waals surface area (Å²) in [5.74, 6) is -0.282. The van der Waals surface area contributed by atoms with Crippen LogP contribution in [0.5, 0.6) is 0 Å². The van der Waals surface area contributed by atoms with Crippen LogP contribution in [-0.2, 0) is 31.9 Å². The first-order chi connectivity index (χ1) is 6.18. The first-order valence-corrected chi connectivity index (χ1v) is 4.17. The molecule has 2 rings (SSSR count). The second-order valence-electron chi connectivity index (χ2n) is 3.03. The average molecular weight is 379 g/mol. The third-order valence-corrected chi connectivity index (χ3v) is 1.72. The standard InChI is InChI=1S/C5H11N2.C4H3O2.Au/c1-6-3-4-7(2)5-6;5-4-2-1-3-6-4;/h5H,3-4H2,1-2H3;2H,3H2;/q2*-1;. The summed E-state index contributed by atoms with van der Waals surface area (Å²) >= 11 is 0. The van der Waals surface area contributed by atoms with E-state index in [1.807, 2.05) is 0 Å². The number of carbonyl (C=O) groups excluding carboxylic acids is 1. The number of cyclic esters (lactones) is 1. The largest absolute Gasteiger partial charge is 0.561 e. The molecule has 4 nitrogen and oxygen atoms in total. The Morgan fingerprint density at radius 3 is 2.14 bits per heavy atom. The monoisotopic (exact) mass is 379 g/mol. The molecular formula is C9H14AuN2O2-2. The number of rotatable bonds is 0. The fourth-order valence-electron chi connectivity index (χ4n) is 1.05. The Balaban J connectivity index is 0.000000227. The number of hydrogen-bond acceptors (Lipinski definition) is 4. The number of ether oxygens (including phenoxy) is 1. The molecule has 2 heterocycles. The number of hydrogen-bond donors (Lipinski definition) is 0. The maximum absolute atomic E-state index is 9.90. The van der Waals surface area contributed by atoms with Crippen molar-refractivity contribution in [3.8, 4) is 0 Å². The summed E-state index contributed by atoms with van der Waals surface area (Å²) in [5, 5.41) is 0. The molecule has 1 fully saturated rings. The number of esters is 1. The van der Waals surface area contributed by atoms with Crippen molar-refractivity contribution in [1.82, 2.24) is 9.80 Å². The zero-order chi connectivity index (χ0) is 9.68. The summed E-state index contributed by atoms with van der Waals surface area (Å²) in [6, 6.07) is 0. The predicted molar refractivity (Wildman–Crippen MR) is 48.3 cm³/mol. The average Bonchev–Trinajstić information content (AvgIpc) is 2.64. The van der Waals surface area contributed by atoms with Crippen LogP contribution in [0, 0.1) is 12.7 Å². The molecule has 5 heteroatoms. The van der Waals surface area contributed by atoms with Crippen molar-refractivity contribution in [2.45, 2.75) is 0 Å². The van der Waals surface area contributed by atoms with Gasteiger partial charge in [0.05, 0.1) is 0 Å². The van der Waals surface area contributed by atoms with E-state index in [1.165, 1.54) is 19.2 Å². The van der Waals surface area contributed by atoms with Gasteiger partial charge in [-0.15, -0.1) is 0 Å². The van der Waals surface area contributed by atoms with Crippen LogP contribution >= 0.6 is 0 Å². The van der Waals surface area contributed by atoms with Crippen molar-refractivity contribution >= 4 is 5.97 Å². The smallest absolute Gasteiger partial charge is 0.166 e. The molecule has 2 aliphatic rings. The van der Waals surface area contributed by atoms with Gasteiger partial charge in [0, 0.05) is 29.0 Å². The van der Waals surface area contributed by atoms with Crippen molar-refractivity contribution in [3.63, 3.8) is 0 Å². The molecule has 0 saturated carbocycles. The minimum atomic E-state index is -0.282. The topological polar surface area (TPSA) is 32.8 Å². The van der Waals surface area contributed by atoms with E-state index >= 15 is 0 Å². The van der Waals surface area contributed by atoms with Gasteiger partial charge in [-0.25, -0.2) is 12.7 Å². The van der Waals surface area contributed by atoms with Gasteiger partial charge in [0.15, 0.2) is 5.97 Å². The van der Waals surface area contributed by atoms with Crippen LogP contribution in [0.1, 0.15) is 0 Å². The SMILES string of the molecule is CN1[CH-]N(C)CC1.O=C1C=[C-]CO1.[Au]. The molecule has 1 radical (unpaired) electrons. The predicted octanol–water partition coefficient (Wildman–Crippen LogP) is -0.117. The Kier molecular flexibility index (Phi) is 7.13. The summed E-state index contributed by atoms with van der Waals surface area (Å²) in [6.07, 6.45) is 3.87. The molecule has 0 aromatic carbocycles. The van der Waals surface area contributed by atoms with Crippen LogP contribution in [0.15, 0.2) is 6.08 Å². The van der Waals surface area contributed by atoms with Crippen molar-refractivity contribution in [2.75, 3.05) is 33.8 Å². The van der Waals surface area contributed by atoms with Gasteiger partial charge in [-0.3, -0.25) is 0 Å². The van der Waals surface area contributed by atoms with Gasteiger partial charge < -0.3 is 19.3 Å². The third kappa shape index (κ3) is 5.57. The van der Waals surface area contributed by atoms with Crippen LogP contribution in [0.4, 0.5) is 0 Å². The Hall–Kier alpha value is -0.130. The van der Waals surface area contributed by atoms with Crippen LogP contribution in [0.2, 0.25) is 0 Å². The number of carbonyl (C=O) groups is 1. The summed E-state index contributed by atoms with van der Waals surface area (Å²) in [5.41, 5.74) is 0. The second-order valence-corrected chi connectivity index (χ2v) is 3.03. The quantitative estimate of drug-likeness (QED) is 0.334. The van der Waals surface area contributed by atoms with Gasteiger partial charge in [-0.1, -0.05) is 0 Å². The van der Waals surface area contributed by atoms with Gasteiger partial charge in [0.25, 0.3) is 0 Å². The van der Waals surface area contributed by atoms with E-state index in [-0.39, 0.29) is 28.3 Å². The van der Waals surface area contributed by atoms with Crippen LogP contribution in [-0.4, -0.2) is 49.6 Å². The molecule has 0 amide bonds. The normalized spacial score (nSPS) is 21.1. The molecule has 85 valence electrons. The van der Waals surface area contributed by atoms with Gasteiger partial charge >= 0.3 is 0 Å². The Bertz CT molecular complexity index is 201. The summed E-state index contributed by atoms with van der Waals surface area (Å²) in [4.78, 5) is 14.3. The Labute approximate surface area is 100 Å². The van der Waals surface area contributed by atoms with E-state index in [2.05, 4.69) is 41.4 Å². The van der Waals surface area contributed by atoms with Gasteiger partial charge in [0.2, 0.25) is 0 Å². The minimum Gasteiger partial charge on any atom is -0.561 e.